The zero-order valence-corrected chi connectivity index (χ0v) is 15.8. The number of hydrogen-bond donors (Lipinski definition) is 3. The number of aromatic nitrogens is 2. The van der Waals surface area contributed by atoms with E-state index in [1.807, 2.05) is 6.07 Å². The summed E-state index contributed by atoms with van der Waals surface area (Å²) in [5.74, 6) is 0. The van der Waals surface area contributed by atoms with Crippen LogP contribution in [0.3, 0.4) is 0 Å². The van der Waals surface area contributed by atoms with Crippen molar-refractivity contribution in [1.29, 1.82) is 0 Å². The molecule has 0 aliphatic heterocycles. The molecule has 0 atom stereocenters. The Morgan fingerprint density at radius 1 is 1.23 bits per heavy atom. The van der Waals surface area contributed by atoms with Gasteiger partial charge < -0.3 is 11.1 Å². The Balaban J connectivity index is 2.12. The van der Waals surface area contributed by atoms with Crippen molar-refractivity contribution < 1.29 is 0 Å². The van der Waals surface area contributed by atoms with Crippen molar-refractivity contribution in [3.05, 3.63) is 40.6 Å². The quantitative estimate of drug-likeness (QED) is 0.457. The van der Waals surface area contributed by atoms with Crippen molar-refractivity contribution in [2.24, 2.45) is 5.73 Å². The van der Waals surface area contributed by atoms with Crippen molar-refractivity contribution in [2.75, 3.05) is 36.5 Å². The van der Waals surface area contributed by atoms with Crippen molar-refractivity contribution in [3.8, 4) is 0 Å². The lowest BCUT2D eigenvalue weighted by Crippen LogP contribution is -2.34. The van der Waals surface area contributed by atoms with Gasteiger partial charge in [-0.3, -0.25) is 14.9 Å². The first-order valence-corrected chi connectivity index (χ1v) is 9.78. The number of H-pyrrole nitrogens is 1. The van der Waals surface area contributed by atoms with Crippen LogP contribution in [0.5, 0.6) is 0 Å². The first-order valence-electron chi connectivity index (χ1n) is 8.97. The average molecular weight is 369 g/mol. The molecule has 2 aromatic heterocycles. The van der Waals surface area contributed by atoms with E-state index in [-0.39, 0.29) is 5.43 Å². The van der Waals surface area contributed by atoms with Crippen LogP contribution in [0.1, 0.15) is 13.8 Å². The van der Waals surface area contributed by atoms with Crippen LogP contribution in [0, 0.1) is 0 Å². The molecule has 136 valence electrons. The predicted octanol–water partition coefficient (Wildman–Crippen LogP) is 3.05. The van der Waals surface area contributed by atoms with E-state index in [4.69, 9.17) is 5.73 Å². The fourth-order valence-corrected chi connectivity index (χ4v) is 4.73. The molecule has 0 aliphatic rings. The number of rotatable bonds is 6. The van der Waals surface area contributed by atoms with Gasteiger partial charge in [0.1, 0.15) is 0 Å². The first kappa shape index (κ1) is 16.9. The van der Waals surface area contributed by atoms with Gasteiger partial charge in [0, 0.05) is 47.7 Å². The second kappa shape index (κ2) is 6.66. The third-order valence-corrected chi connectivity index (χ3v) is 5.92. The molecule has 2 aromatic carbocycles. The summed E-state index contributed by atoms with van der Waals surface area (Å²) in [6, 6.07) is 9.52. The normalized spacial score (nSPS) is 11.7. The Kier molecular flexibility index (Phi) is 4.34. The molecule has 0 bridgehead atoms. The molecule has 6 nitrogen and oxygen atoms in total. The molecule has 2 heterocycles. The fraction of sp³-hybridized carbons (Fsp3) is 0.316. The minimum Gasteiger partial charge on any atom is -0.383 e. The summed E-state index contributed by atoms with van der Waals surface area (Å²) in [4.78, 5) is 14.0. The highest BCUT2D eigenvalue weighted by Crippen LogP contribution is 2.40. The van der Waals surface area contributed by atoms with Crippen molar-refractivity contribution >= 4 is 48.2 Å². The summed E-state index contributed by atoms with van der Waals surface area (Å²) < 4.78 is 2.13. The van der Waals surface area contributed by atoms with Crippen molar-refractivity contribution in [2.45, 2.75) is 13.8 Å². The first-order chi connectivity index (χ1) is 12.7. The van der Waals surface area contributed by atoms with Gasteiger partial charge in [-0.2, -0.15) is 4.79 Å². The molecule has 0 saturated carbocycles. The maximum absolute atomic E-state index is 11.9. The molecule has 4 rings (SSSR count). The van der Waals surface area contributed by atoms with Crippen LogP contribution < -0.4 is 21.5 Å². The monoisotopic (exact) mass is 369 g/mol. The van der Waals surface area contributed by atoms with Gasteiger partial charge in [0.2, 0.25) is 0 Å². The summed E-state index contributed by atoms with van der Waals surface area (Å²) in [5.41, 5.74) is 8.97. The SMILES string of the molecule is CCN(CC)n1[nH]c2c3ccc(=O)cc3sc3c(NCCN)ccc1c32. The van der Waals surface area contributed by atoms with Gasteiger partial charge in [-0.15, -0.1) is 11.3 Å². The van der Waals surface area contributed by atoms with Gasteiger partial charge in [0.15, 0.2) is 5.43 Å². The van der Waals surface area contributed by atoms with E-state index in [2.05, 4.69) is 46.2 Å². The molecular formula is C19H23N5OS. The number of aromatic amines is 1. The van der Waals surface area contributed by atoms with Gasteiger partial charge >= 0.3 is 0 Å². The van der Waals surface area contributed by atoms with Crippen LogP contribution in [0.25, 0.3) is 31.2 Å². The Hall–Kier alpha value is -2.51. The number of nitrogens with two attached hydrogens (primary N) is 1. The Labute approximate surface area is 155 Å². The summed E-state index contributed by atoms with van der Waals surface area (Å²) in [6.07, 6.45) is 0. The number of benzene rings is 2. The smallest absolute Gasteiger partial charge is 0.180 e. The molecule has 26 heavy (non-hydrogen) atoms. The van der Waals surface area contributed by atoms with E-state index in [1.165, 1.54) is 5.39 Å². The highest BCUT2D eigenvalue weighted by atomic mass is 32.1. The zero-order chi connectivity index (χ0) is 18.3. The number of nitrogens with one attached hydrogen (secondary N) is 2. The van der Waals surface area contributed by atoms with Crippen molar-refractivity contribution in [3.63, 3.8) is 0 Å². The van der Waals surface area contributed by atoms with E-state index in [0.717, 1.165) is 44.6 Å². The van der Waals surface area contributed by atoms with Crippen LogP contribution in [0.4, 0.5) is 5.69 Å². The van der Waals surface area contributed by atoms with Crippen LogP contribution in [-0.4, -0.2) is 36.1 Å². The molecule has 0 spiro atoms. The van der Waals surface area contributed by atoms with Gasteiger partial charge in [0.05, 0.1) is 21.4 Å². The van der Waals surface area contributed by atoms with Crippen LogP contribution in [-0.2, 0) is 0 Å². The minimum absolute atomic E-state index is 0.0338. The van der Waals surface area contributed by atoms with E-state index < -0.39 is 0 Å². The Bertz CT molecular complexity index is 1140. The van der Waals surface area contributed by atoms with Crippen LogP contribution in [0.2, 0.25) is 0 Å². The lowest BCUT2D eigenvalue weighted by molar-refractivity contribution is 0.579. The summed E-state index contributed by atoms with van der Waals surface area (Å²) in [7, 11) is 0. The molecule has 0 radical (unpaired) electrons. The second-order valence-electron chi connectivity index (χ2n) is 6.25. The standard InChI is InChI=1S/C19H23N5OS/c1-3-23(4-2)24-15-8-7-14(21-10-9-20)19-17(15)18(22-24)13-6-5-12(25)11-16(13)26-19/h5-8,11,21-22H,3-4,9-10,20H2,1-2H3. The number of anilines is 1. The van der Waals surface area contributed by atoms with E-state index >= 15 is 0 Å². The van der Waals surface area contributed by atoms with Crippen LogP contribution >= 0.6 is 11.3 Å². The van der Waals surface area contributed by atoms with Gasteiger partial charge in [-0.25, -0.2) is 0 Å². The van der Waals surface area contributed by atoms with E-state index in [1.54, 1.807) is 23.5 Å². The molecule has 4 N–H and O–H groups in total. The predicted molar refractivity (Wildman–Crippen MR) is 112 cm³/mol. The highest BCUT2D eigenvalue weighted by molar-refractivity contribution is 7.25. The highest BCUT2D eigenvalue weighted by Gasteiger charge is 2.17. The molecule has 7 heteroatoms. The zero-order valence-electron chi connectivity index (χ0n) is 15.0. The van der Waals surface area contributed by atoms with Crippen molar-refractivity contribution in [1.82, 2.24) is 9.89 Å². The molecule has 0 aliphatic carbocycles. The third kappa shape index (κ3) is 2.55. The number of hydrogen-bond acceptors (Lipinski definition) is 5. The summed E-state index contributed by atoms with van der Waals surface area (Å²) in [5, 5.41) is 11.5. The fourth-order valence-electron chi connectivity index (χ4n) is 3.49. The molecule has 0 fully saturated rings. The van der Waals surface area contributed by atoms with E-state index in [0.29, 0.717) is 13.1 Å². The van der Waals surface area contributed by atoms with Gasteiger partial charge in [-0.05, 0) is 38.1 Å². The largest absolute Gasteiger partial charge is 0.383 e. The third-order valence-electron chi connectivity index (χ3n) is 4.74. The lowest BCUT2D eigenvalue weighted by Gasteiger charge is -2.22. The number of nitrogens with zero attached hydrogens (tertiary/aromatic N) is 2. The van der Waals surface area contributed by atoms with E-state index in [9.17, 15) is 4.79 Å². The summed E-state index contributed by atoms with van der Waals surface area (Å²) in [6.45, 7) is 7.38. The maximum atomic E-state index is 11.9. The Morgan fingerprint density at radius 2 is 2.04 bits per heavy atom. The molecule has 4 aromatic rings. The maximum Gasteiger partial charge on any atom is 0.180 e. The average Bonchev–Trinajstić information content (AvgIpc) is 3.03. The number of fused-ring (bicyclic) bond motifs is 2. The topological polar surface area (TPSA) is 79.1 Å². The van der Waals surface area contributed by atoms with Gasteiger partial charge in [-0.1, -0.05) is 0 Å². The lowest BCUT2D eigenvalue weighted by atomic mass is 10.1. The molecule has 0 saturated heterocycles. The minimum atomic E-state index is 0.0338. The molecular weight excluding hydrogens is 346 g/mol. The molecule has 0 unspecified atom stereocenters. The second-order valence-corrected chi connectivity index (χ2v) is 7.30. The molecule has 0 amide bonds. The van der Waals surface area contributed by atoms with Gasteiger partial charge in [0.25, 0.3) is 0 Å². The van der Waals surface area contributed by atoms with Crippen LogP contribution in [0.15, 0.2) is 35.1 Å². The Morgan fingerprint density at radius 3 is 2.77 bits per heavy atom. The summed E-state index contributed by atoms with van der Waals surface area (Å²) >= 11 is 1.65.